The van der Waals surface area contributed by atoms with Crippen molar-refractivity contribution in [2.45, 2.75) is 19.4 Å². The maximum absolute atomic E-state index is 9.10. The molecule has 2 N–H and O–H groups in total. The zero-order valence-electron chi connectivity index (χ0n) is 6.90. The lowest BCUT2D eigenvalue weighted by Gasteiger charge is -2.06. The molecule has 0 aliphatic heterocycles. The molecule has 0 fully saturated rings. The first-order valence-electron chi connectivity index (χ1n) is 3.80. The highest BCUT2D eigenvalue weighted by Gasteiger charge is 2.02. The van der Waals surface area contributed by atoms with E-state index < -0.39 is 0 Å². The Balaban J connectivity index is 2.63. The van der Waals surface area contributed by atoms with Crippen LogP contribution in [0.3, 0.4) is 0 Å². The lowest BCUT2D eigenvalue weighted by molar-refractivity contribution is -0.273. The number of benzene rings is 1. The van der Waals surface area contributed by atoms with Crippen LogP contribution in [0.5, 0.6) is 5.75 Å². The molecule has 1 rings (SSSR count). The maximum Gasteiger partial charge on any atom is 0.115 e. The standard InChI is InChI=1S/C9H12O3/c1-7(12-11)5-8-3-2-4-9(10)6-8/h2-4,6-7,10-11H,5H2,1H3. The van der Waals surface area contributed by atoms with E-state index >= 15 is 0 Å². The van der Waals surface area contributed by atoms with Gasteiger partial charge in [-0.25, -0.2) is 4.89 Å². The molecule has 1 atom stereocenters. The highest BCUT2D eigenvalue weighted by atomic mass is 17.1. The van der Waals surface area contributed by atoms with Crippen LogP contribution < -0.4 is 0 Å². The fourth-order valence-electron chi connectivity index (χ4n) is 1.05. The van der Waals surface area contributed by atoms with E-state index in [0.717, 1.165) is 5.56 Å². The molecule has 0 radical (unpaired) electrons. The second-order valence-electron chi connectivity index (χ2n) is 2.79. The summed E-state index contributed by atoms with van der Waals surface area (Å²) in [6.45, 7) is 1.75. The summed E-state index contributed by atoms with van der Waals surface area (Å²) in [5.74, 6) is 0.234. The molecule has 1 aromatic carbocycles. The van der Waals surface area contributed by atoms with E-state index in [2.05, 4.69) is 4.89 Å². The van der Waals surface area contributed by atoms with Crippen LogP contribution in [0.15, 0.2) is 24.3 Å². The topological polar surface area (TPSA) is 49.7 Å². The summed E-state index contributed by atoms with van der Waals surface area (Å²) in [6, 6.07) is 6.88. The molecular weight excluding hydrogens is 156 g/mol. The van der Waals surface area contributed by atoms with Gasteiger partial charge in [0.25, 0.3) is 0 Å². The van der Waals surface area contributed by atoms with E-state index in [9.17, 15) is 0 Å². The van der Waals surface area contributed by atoms with Gasteiger partial charge in [-0.15, -0.1) is 0 Å². The summed E-state index contributed by atoms with van der Waals surface area (Å²) in [6.07, 6.45) is 0.344. The smallest absolute Gasteiger partial charge is 0.115 e. The van der Waals surface area contributed by atoms with Gasteiger partial charge in [-0.05, 0) is 24.6 Å². The predicted octanol–water partition coefficient (Wildman–Crippen LogP) is 1.81. The molecule has 12 heavy (non-hydrogen) atoms. The summed E-state index contributed by atoms with van der Waals surface area (Å²) >= 11 is 0. The van der Waals surface area contributed by atoms with Crippen LogP contribution in [-0.4, -0.2) is 16.5 Å². The molecule has 1 aromatic rings. The van der Waals surface area contributed by atoms with Crippen molar-refractivity contribution >= 4 is 0 Å². The Hall–Kier alpha value is -1.06. The number of hydrogen-bond donors (Lipinski definition) is 2. The first-order chi connectivity index (χ1) is 5.72. The van der Waals surface area contributed by atoms with Crippen molar-refractivity contribution in [2.24, 2.45) is 0 Å². The molecule has 0 saturated heterocycles. The lowest BCUT2D eigenvalue weighted by Crippen LogP contribution is -2.08. The molecule has 1 unspecified atom stereocenters. The van der Waals surface area contributed by atoms with Crippen LogP contribution in [0.4, 0.5) is 0 Å². The lowest BCUT2D eigenvalue weighted by atomic mass is 10.1. The molecule has 66 valence electrons. The van der Waals surface area contributed by atoms with Crippen molar-refractivity contribution in [1.29, 1.82) is 0 Å². The quantitative estimate of drug-likeness (QED) is 0.534. The first kappa shape index (κ1) is 9.03. The molecule has 3 nitrogen and oxygen atoms in total. The molecule has 0 amide bonds. The number of hydrogen-bond acceptors (Lipinski definition) is 3. The number of aromatic hydroxyl groups is 1. The van der Waals surface area contributed by atoms with Crippen molar-refractivity contribution in [3.63, 3.8) is 0 Å². The van der Waals surface area contributed by atoms with Gasteiger partial charge in [0.1, 0.15) is 5.75 Å². The Morgan fingerprint density at radius 2 is 2.25 bits per heavy atom. The molecule has 0 aliphatic rings. The van der Waals surface area contributed by atoms with E-state index in [1.807, 2.05) is 6.07 Å². The zero-order chi connectivity index (χ0) is 8.97. The van der Waals surface area contributed by atoms with Gasteiger partial charge in [0.2, 0.25) is 0 Å². The van der Waals surface area contributed by atoms with Crippen LogP contribution in [0.25, 0.3) is 0 Å². The van der Waals surface area contributed by atoms with Gasteiger partial charge in [0.15, 0.2) is 0 Å². The first-order valence-corrected chi connectivity index (χ1v) is 3.80. The second-order valence-corrected chi connectivity index (χ2v) is 2.79. The van der Waals surface area contributed by atoms with E-state index in [-0.39, 0.29) is 11.9 Å². The van der Waals surface area contributed by atoms with Gasteiger partial charge in [-0.3, -0.25) is 5.26 Å². The number of rotatable bonds is 3. The van der Waals surface area contributed by atoms with Gasteiger partial charge in [-0.1, -0.05) is 12.1 Å². The van der Waals surface area contributed by atoms with Gasteiger partial charge in [-0.2, -0.15) is 0 Å². The minimum atomic E-state index is -0.244. The van der Waals surface area contributed by atoms with E-state index in [1.165, 1.54) is 0 Å². The average molecular weight is 168 g/mol. The van der Waals surface area contributed by atoms with Crippen LogP contribution in [0, 0.1) is 0 Å². The Labute approximate surface area is 71.2 Å². The van der Waals surface area contributed by atoms with E-state index in [4.69, 9.17) is 10.4 Å². The molecule has 0 spiro atoms. The summed E-state index contributed by atoms with van der Waals surface area (Å²) in [4.78, 5) is 4.11. The highest BCUT2D eigenvalue weighted by Crippen LogP contribution is 2.12. The second kappa shape index (κ2) is 4.09. The fourth-order valence-corrected chi connectivity index (χ4v) is 1.05. The largest absolute Gasteiger partial charge is 0.508 e. The van der Waals surface area contributed by atoms with Gasteiger partial charge < -0.3 is 5.11 Å². The number of phenols is 1. The van der Waals surface area contributed by atoms with Crippen LogP contribution in [0.1, 0.15) is 12.5 Å². The SMILES string of the molecule is CC(Cc1cccc(O)c1)OO. The van der Waals surface area contributed by atoms with Crippen molar-refractivity contribution in [3.05, 3.63) is 29.8 Å². The summed E-state index contributed by atoms with van der Waals surface area (Å²) in [7, 11) is 0. The van der Waals surface area contributed by atoms with Crippen LogP contribution >= 0.6 is 0 Å². The Morgan fingerprint density at radius 3 is 2.83 bits per heavy atom. The van der Waals surface area contributed by atoms with Gasteiger partial charge in [0.05, 0.1) is 6.10 Å². The summed E-state index contributed by atoms with van der Waals surface area (Å²) in [5.41, 5.74) is 0.941. The molecule has 0 bridgehead atoms. The third-order valence-corrected chi connectivity index (χ3v) is 1.61. The third kappa shape index (κ3) is 2.53. The van der Waals surface area contributed by atoms with Gasteiger partial charge in [0, 0.05) is 6.42 Å². The monoisotopic (exact) mass is 168 g/mol. The van der Waals surface area contributed by atoms with Crippen LogP contribution in [0.2, 0.25) is 0 Å². The van der Waals surface area contributed by atoms with Crippen molar-refractivity contribution < 1.29 is 15.3 Å². The summed E-state index contributed by atoms with van der Waals surface area (Å²) in [5, 5.41) is 17.4. The third-order valence-electron chi connectivity index (χ3n) is 1.61. The maximum atomic E-state index is 9.10. The van der Waals surface area contributed by atoms with Gasteiger partial charge >= 0.3 is 0 Å². The zero-order valence-corrected chi connectivity index (χ0v) is 6.90. The molecular formula is C9H12O3. The predicted molar refractivity (Wildman–Crippen MR) is 45.0 cm³/mol. The Bertz CT molecular complexity index is 247. The van der Waals surface area contributed by atoms with E-state index in [0.29, 0.717) is 6.42 Å². The molecule has 0 heterocycles. The normalized spacial score (nSPS) is 12.8. The highest BCUT2D eigenvalue weighted by molar-refractivity contribution is 5.27. The molecule has 0 aromatic heterocycles. The van der Waals surface area contributed by atoms with Crippen molar-refractivity contribution in [1.82, 2.24) is 0 Å². The molecule has 3 heteroatoms. The molecule has 0 saturated carbocycles. The molecule has 0 aliphatic carbocycles. The van der Waals surface area contributed by atoms with Crippen LogP contribution in [-0.2, 0) is 11.3 Å². The van der Waals surface area contributed by atoms with E-state index in [1.54, 1.807) is 25.1 Å². The van der Waals surface area contributed by atoms with Crippen molar-refractivity contribution in [3.8, 4) is 5.75 Å². The number of phenolic OH excluding ortho intramolecular Hbond substituents is 1. The van der Waals surface area contributed by atoms with Crippen molar-refractivity contribution in [2.75, 3.05) is 0 Å². The minimum Gasteiger partial charge on any atom is -0.508 e. The Kier molecular flexibility index (Phi) is 3.08. The Morgan fingerprint density at radius 1 is 1.50 bits per heavy atom. The fraction of sp³-hybridized carbons (Fsp3) is 0.333. The average Bonchev–Trinajstić information content (AvgIpc) is 2.04. The summed E-state index contributed by atoms with van der Waals surface area (Å²) < 4.78 is 0. The minimum absolute atomic E-state index is 0.234.